The van der Waals surface area contributed by atoms with Crippen molar-refractivity contribution < 1.29 is 12.6 Å². The fourth-order valence-corrected chi connectivity index (χ4v) is 2.48. The molecule has 0 fully saturated rings. The van der Waals surface area contributed by atoms with E-state index in [1.165, 1.54) is 0 Å². The van der Waals surface area contributed by atoms with Crippen LogP contribution in [0, 0.1) is 0 Å². The Kier molecular flexibility index (Phi) is 8.17. The van der Waals surface area contributed by atoms with Crippen LogP contribution in [0.1, 0.15) is 20.3 Å². The Morgan fingerprint density at radius 2 is 1.94 bits per heavy atom. The molecule has 2 atom stereocenters. The zero-order valence-electron chi connectivity index (χ0n) is 10.2. The molecular weight excluding hydrogens is 248 g/mol. The molecule has 0 aromatic carbocycles. The molecule has 16 heavy (non-hydrogen) atoms. The normalized spacial score (nSPS) is 15.9. The van der Waals surface area contributed by atoms with Gasteiger partial charge >= 0.3 is 0 Å². The topological polar surface area (TPSA) is 75.3 Å². The maximum Gasteiger partial charge on any atom is 0.212 e. The van der Waals surface area contributed by atoms with E-state index in [2.05, 4.69) is 10.0 Å². The van der Waals surface area contributed by atoms with Gasteiger partial charge in [0, 0.05) is 35.4 Å². The van der Waals surface area contributed by atoms with E-state index in [-0.39, 0.29) is 11.0 Å². The van der Waals surface area contributed by atoms with E-state index >= 15 is 0 Å². The van der Waals surface area contributed by atoms with Gasteiger partial charge in [-0.25, -0.2) is 13.1 Å². The van der Waals surface area contributed by atoms with Crippen LogP contribution in [0.2, 0.25) is 0 Å². The molecule has 0 aliphatic heterocycles. The zero-order chi connectivity index (χ0) is 12.6. The molecule has 0 radical (unpaired) electrons. The molecule has 5 nitrogen and oxygen atoms in total. The average molecular weight is 270 g/mol. The summed E-state index contributed by atoms with van der Waals surface area (Å²) >= 11 is 0. The number of hydrogen-bond donors (Lipinski definition) is 2. The van der Waals surface area contributed by atoms with Gasteiger partial charge in [-0.05, 0) is 13.0 Å². The van der Waals surface area contributed by atoms with Crippen molar-refractivity contribution in [1.82, 2.24) is 10.0 Å². The van der Waals surface area contributed by atoms with Crippen molar-refractivity contribution in [3.05, 3.63) is 0 Å². The monoisotopic (exact) mass is 270 g/mol. The van der Waals surface area contributed by atoms with Crippen molar-refractivity contribution >= 4 is 20.8 Å². The van der Waals surface area contributed by atoms with Gasteiger partial charge in [0.2, 0.25) is 10.0 Å². The number of sulfonamides is 1. The summed E-state index contributed by atoms with van der Waals surface area (Å²) in [5.41, 5.74) is 0. The van der Waals surface area contributed by atoms with Gasteiger partial charge in [0.25, 0.3) is 0 Å². The Morgan fingerprint density at radius 3 is 2.44 bits per heavy atom. The van der Waals surface area contributed by atoms with Crippen LogP contribution in [0.5, 0.6) is 0 Å². The molecule has 0 bridgehead atoms. The molecule has 0 amide bonds. The molecule has 0 aromatic rings. The molecule has 0 aromatic heterocycles. The fourth-order valence-electron chi connectivity index (χ4n) is 1.04. The summed E-state index contributed by atoms with van der Waals surface area (Å²) in [7, 11) is -4.08. The molecule has 0 aliphatic carbocycles. The second kappa shape index (κ2) is 8.16. The second-order valence-corrected chi connectivity index (χ2v) is 7.39. The first kappa shape index (κ1) is 16.0. The molecule has 98 valence electrons. The van der Waals surface area contributed by atoms with Crippen molar-refractivity contribution in [2.45, 2.75) is 25.5 Å². The van der Waals surface area contributed by atoms with Crippen molar-refractivity contribution in [2.24, 2.45) is 0 Å². The van der Waals surface area contributed by atoms with E-state index in [4.69, 9.17) is 0 Å². The first-order valence-electron chi connectivity index (χ1n) is 5.39. The standard InChI is InChI=1S/C9H22N2O3S2/c1-4-10-7-8-16(13,14)11-6-5-9(2)15(3)12/h9-11H,4-8H2,1-3H3. The van der Waals surface area contributed by atoms with Crippen LogP contribution in [0.4, 0.5) is 0 Å². The molecule has 2 N–H and O–H groups in total. The van der Waals surface area contributed by atoms with Crippen molar-refractivity contribution in [3.8, 4) is 0 Å². The minimum absolute atomic E-state index is 0.0245. The number of hydrogen-bond acceptors (Lipinski definition) is 4. The van der Waals surface area contributed by atoms with Crippen LogP contribution in [0.15, 0.2) is 0 Å². The maximum atomic E-state index is 11.4. The summed E-state index contributed by atoms with van der Waals surface area (Å²) in [5.74, 6) is 0.0877. The Labute approximate surface area is 101 Å². The summed E-state index contributed by atoms with van der Waals surface area (Å²) in [6, 6.07) is 0. The van der Waals surface area contributed by atoms with E-state index in [0.717, 1.165) is 6.54 Å². The van der Waals surface area contributed by atoms with E-state index in [1.807, 2.05) is 13.8 Å². The second-order valence-electron chi connectivity index (χ2n) is 3.66. The van der Waals surface area contributed by atoms with Crippen LogP contribution in [-0.2, 0) is 20.8 Å². The first-order chi connectivity index (χ1) is 7.39. The highest BCUT2D eigenvalue weighted by molar-refractivity contribution is 7.89. The summed E-state index contributed by atoms with van der Waals surface area (Å²) in [4.78, 5) is 0. The lowest BCUT2D eigenvalue weighted by atomic mass is 10.3. The SMILES string of the molecule is CCNCCS(=O)(=O)NCCC(C)S(C)=O. The molecule has 0 spiro atoms. The van der Waals surface area contributed by atoms with Crippen LogP contribution in [0.25, 0.3) is 0 Å². The van der Waals surface area contributed by atoms with Crippen molar-refractivity contribution in [3.63, 3.8) is 0 Å². The van der Waals surface area contributed by atoms with Gasteiger partial charge in [0.15, 0.2) is 0 Å². The van der Waals surface area contributed by atoms with Crippen molar-refractivity contribution in [1.29, 1.82) is 0 Å². The molecule has 0 rings (SSSR count). The molecule has 0 saturated heterocycles. The summed E-state index contributed by atoms with van der Waals surface area (Å²) in [5, 5.41) is 2.98. The molecule has 0 saturated carbocycles. The van der Waals surface area contributed by atoms with E-state index in [1.54, 1.807) is 6.26 Å². The van der Waals surface area contributed by atoms with E-state index in [9.17, 15) is 12.6 Å². The third kappa shape index (κ3) is 8.20. The van der Waals surface area contributed by atoms with Gasteiger partial charge in [0.05, 0.1) is 5.75 Å². The van der Waals surface area contributed by atoms with Gasteiger partial charge < -0.3 is 5.32 Å². The van der Waals surface area contributed by atoms with Gasteiger partial charge in [-0.2, -0.15) is 0 Å². The summed E-state index contributed by atoms with van der Waals surface area (Å²) in [6.45, 7) is 5.36. The maximum absolute atomic E-state index is 11.4. The summed E-state index contributed by atoms with van der Waals surface area (Å²) in [6.07, 6.45) is 2.23. The Morgan fingerprint density at radius 1 is 1.31 bits per heavy atom. The highest BCUT2D eigenvalue weighted by Crippen LogP contribution is 1.98. The lowest BCUT2D eigenvalue weighted by Gasteiger charge is -2.10. The van der Waals surface area contributed by atoms with E-state index < -0.39 is 20.8 Å². The Hall–Kier alpha value is 0.0200. The molecule has 0 aliphatic rings. The number of nitrogens with one attached hydrogen (secondary N) is 2. The zero-order valence-corrected chi connectivity index (χ0v) is 11.8. The highest BCUT2D eigenvalue weighted by Gasteiger charge is 2.11. The molecule has 0 heterocycles. The third-order valence-electron chi connectivity index (χ3n) is 2.24. The predicted molar refractivity (Wildman–Crippen MR) is 68.5 cm³/mol. The molecule has 2 unspecified atom stereocenters. The quantitative estimate of drug-likeness (QED) is 0.563. The van der Waals surface area contributed by atoms with E-state index in [0.29, 0.717) is 19.5 Å². The Balaban J connectivity index is 3.78. The smallest absolute Gasteiger partial charge is 0.212 e. The number of rotatable bonds is 9. The minimum Gasteiger partial charge on any atom is -0.316 e. The lowest BCUT2D eigenvalue weighted by molar-refractivity contribution is 0.574. The van der Waals surface area contributed by atoms with Crippen LogP contribution >= 0.6 is 0 Å². The average Bonchev–Trinajstić information content (AvgIpc) is 2.17. The summed E-state index contributed by atoms with van der Waals surface area (Å²) < 4.78 is 36.4. The molecular formula is C9H22N2O3S2. The fraction of sp³-hybridized carbons (Fsp3) is 1.00. The highest BCUT2D eigenvalue weighted by atomic mass is 32.2. The van der Waals surface area contributed by atoms with Gasteiger partial charge in [-0.15, -0.1) is 0 Å². The molecule has 7 heteroatoms. The minimum atomic E-state index is -3.19. The Bertz CT molecular complexity index is 304. The predicted octanol–water partition coefficient (Wildman–Crippen LogP) is -0.328. The van der Waals surface area contributed by atoms with Gasteiger partial charge in [-0.1, -0.05) is 13.8 Å². The van der Waals surface area contributed by atoms with Crippen molar-refractivity contribution in [2.75, 3.05) is 31.6 Å². The lowest BCUT2D eigenvalue weighted by Crippen LogP contribution is -2.33. The largest absolute Gasteiger partial charge is 0.316 e. The third-order valence-corrected chi connectivity index (χ3v) is 4.99. The first-order valence-corrected chi connectivity index (χ1v) is 8.66. The van der Waals surface area contributed by atoms with Crippen LogP contribution in [0.3, 0.4) is 0 Å². The van der Waals surface area contributed by atoms with Crippen LogP contribution < -0.4 is 10.0 Å². The van der Waals surface area contributed by atoms with Gasteiger partial charge in [0.1, 0.15) is 0 Å². The van der Waals surface area contributed by atoms with Crippen LogP contribution in [-0.4, -0.2) is 49.5 Å². The van der Waals surface area contributed by atoms with Gasteiger partial charge in [-0.3, -0.25) is 4.21 Å².